The van der Waals surface area contributed by atoms with Crippen molar-refractivity contribution in [3.8, 4) is 0 Å². The standard InChI is InChI=1S/C12H16FN.C10H11FO.C2H7N/c1-3-5-12(14-4-2)10-6-8-11(13)9-7-10;1-2-3-10(12)8-4-6-9(11)7-5-8;1-2-3/h6-9H,3-5H2,1-2H3;4-7H,2-3H2,1H3;2-3H2,1H3. The number of rotatable bonds is 7. The Hall–Kier alpha value is -2.40. The predicted octanol–water partition coefficient (Wildman–Crippen LogP) is 6.21. The van der Waals surface area contributed by atoms with Gasteiger partial charge in [-0.25, -0.2) is 8.78 Å². The molecule has 2 aromatic rings. The lowest BCUT2D eigenvalue weighted by Gasteiger charge is -2.04. The Morgan fingerprint density at radius 3 is 1.59 bits per heavy atom. The lowest BCUT2D eigenvalue weighted by atomic mass is 10.1. The van der Waals surface area contributed by atoms with E-state index >= 15 is 0 Å². The van der Waals surface area contributed by atoms with Gasteiger partial charge in [-0.15, -0.1) is 0 Å². The summed E-state index contributed by atoms with van der Waals surface area (Å²) in [6.07, 6.45) is 3.39. The summed E-state index contributed by atoms with van der Waals surface area (Å²) >= 11 is 0. The third-order valence-electron chi connectivity index (χ3n) is 3.66. The quantitative estimate of drug-likeness (QED) is 0.441. The van der Waals surface area contributed by atoms with E-state index in [1.807, 2.05) is 20.8 Å². The minimum absolute atomic E-state index is 0.0810. The van der Waals surface area contributed by atoms with Gasteiger partial charge in [0.05, 0.1) is 0 Å². The molecule has 0 fully saturated rings. The average Bonchev–Trinajstić information content (AvgIpc) is 2.70. The van der Waals surface area contributed by atoms with Gasteiger partial charge in [-0.3, -0.25) is 9.79 Å². The third kappa shape index (κ3) is 11.9. The minimum Gasteiger partial charge on any atom is -0.331 e. The Balaban J connectivity index is 0.000000481. The van der Waals surface area contributed by atoms with Crippen LogP contribution < -0.4 is 5.73 Å². The second-order valence-electron chi connectivity index (χ2n) is 6.27. The fraction of sp³-hybridized carbons (Fsp3) is 0.417. The Morgan fingerprint density at radius 2 is 1.21 bits per heavy atom. The van der Waals surface area contributed by atoms with Crippen molar-refractivity contribution in [2.24, 2.45) is 10.7 Å². The highest BCUT2D eigenvalue weighted by Crippen LogP contribution is 2.09. The molecule has 0 aromatic heterocycles. The van der Waals surface area contributed by atoms with Crippen molar-refractivity contribution in [2.45, 2.75) is 53.4 Å². The maximum absolute atomic E-state index is 12.7. The van der Waals surface area contributed by atoms with Crippen molar-refractivity contribution in [3.05, 3.63) is 71.3 Å². The monoisotopic (exact) mass is 404 g/mol. The van der Waals surface area contributed by atoms with E-state index in [9.17, 15) is 13.6 Å². The van der Waals surface area contributed by atoms with Crippen LogP contribution in [0.25, 0.3) is 0 Å². The number of Topliss-reactive ketones (excluding diaryl/α,β-unsaturated/α-hetero) is 1. The molecule has 0 bridgehead atoms. The van der Waals surface area contributed by atoms with E-state index in [4.69, 9.17) is 5.73 Å². The number of ketones is 1. The second kappa shape index (κ2) is 16.5. The molecule has 0 aliphatic heterocycles. The molecule has 2 rings (SSSR count). The number of nitrogens with two attached hydrogens (primary N) is 1. The highest BCUT2D eigenvalue weighted by Gasteiger charge is 2.03. The van der Waals surface area contributed by atoms with Gasteiger partial charge in [0.1, 0.15) is 11.6 Å². The zero-order valence-electron chi connectivity index (χ0n) is 18.1. The van der Waals surface area contributed by atoms with Crippen molar-refractivity contribution in [1.82, 2.24) is 0 Å². The minimum atomic E-state index is -0.303. The van der Waals surface area contributed by atoms with Gasteiger partial charge in [0.15, 0.2) is 5.78 Å². The summed E-state index contributed by atoms with van der Waals surface area (Å²) in [5, 5.41) is 0. The molecule has 3 nitrogen and oxygen atoms in total. The normalized spacial score (nSPS) is 10.4. The molecule has 0 unspecified atom stereocenters. The summed E-state index contributed by atoms with van der Waals surface area (Å²) in [6.45, 7) is 9.52. The zero-order chi connectivity index (χ0) is 22.1. The molecule has 0 radical (unpaired) electrons. The van der Waals surface area contributed by atoms with E-state index in [1.165, 1.54) is 36.4 Å². The summed E-state index contributed by atoms with van der Waals surface area (Å²) in [5.74, 6) is -0.415. The van der Waals surface area contributed by atoms with E-state index < -0.39 is 0 Å². The van der Waals surface area contributed by atoms with Crippen LogP contribution in [0.2, 0.25) is 0 Å². The van der Waals surface area contributed by atoms with Crippen LogP contribution in [0.1, 0.15) is 69.3 Å². The third-order valence-corrected chi connectivity index (χ3v) is 3.66. The number of benzene rings is 2. The molecule has 0 heterocycles. The van der Waals surface area contributed by atoms with Crippen molar-refractivity contribution in [2.75, 3.05) is 13.1 Å². The van der Waals surface area contributed by atoms with Crippen LogP contribution in [0.4, 0.5) is 8.78 Å². The fourth-order valence-electron chi connectivity index (χ4n) is 2.39. The molecule has 0 atom stereocenters. The fourth-order valence-corrected chi connectivity index (χ4v) is 2.39. The summed E-state index contributed by atoms with van der Waals surface area (Å²) < 4.78 is 25.1. The van der Waals surface area contributed by atoms with Crippen molar-refractivity contribution in [3.63, 3.8) is 0 Å². The van der Waals surface area contributed by atoms with E-state index in [-0.39, 0.29) is 17.4 Å². The first-order chi connectivity index (χ1) is 13.9. The van der Waals surface area contributed by atoms with Gasteiger partial charge in [-0.2, -0.15) is 0 Å². The zero-order valence-corrected chi connectivity index (χ0v) is 18.1. The van der Waals surface area contributed by atoms with Crippen molar-refractivity contribution >= 4 is 11.5 Å². The molecule has 0 saturated carbocycles. The van der Waals surface area contributed by atoms with Crippen LogP contribution in [0.5, 0.6) is 0 Å². The number of aliphatic imine (C=N–C) groups is 1. The lowest BCUT2D eigenvalue weighted by Crippen LogP contribution is -2.01. The molecule has 160 valence electrons. The topological polar surface area (TPSA) is 55.5 Å². The van der Waals surface area contributed by atoms with Crippen LogP contribution in [-0.4, -0.2) is 24.6 Å². The predicted molar refractivity (Wildman–Crippen MR) is 119 cm³/mol. The van der Waals surface area contributed by atoms with E-state index in [0.29, 0.717) is 12.0 Å². The maximum Gasteiger partial charge on any atom is 0.162 e. The molecule has 0 saturated heterocycles. The number of halogens is 2. The van der Waals surface area contributed by atoms with Gasteiger partial charge in [0.25, 0.3) is 0 Å². The van der Waals surface area contributed by atoms with E-state index in [1.54, 1.807) is 12.1 Å². The number of hydrogen-bond donors (Lipinski definition) is 1. The summed E-state index contributed by atoms with van der Waals surface area (Å²) in [7, 11) is 0. The van der Waals surface area contributed by atoms with Gasteiger partial charge in [-0.1, -0.05) is 39.3 Å². The van der Waals surface area contributed by atoms with Crippen LogP contribution >= 0.6 is 0 Å². The highest BCUT2D eigenvalue weighted by atomic mass is 19.1. The van der Waals surface area contributed by atoms with Gasteiger partial charge in [0.2, 0.25) is 0 Å². The molecule has 2 N–H and O–H groups in total. The van der Waals surface area contributed by atoms with Crippen LogP contribution in [0, 0.1) is 11.6 Å². The largest absolute Gasteiger partial charge is 0.331 e. The Kier molecular flexibility index (Phi) is 15.2. The summed E-state index contributed by atoms with van der Waals surface area (Å²) in [6, 6.07) is 12.2. The van der Waals surface area contributed by atoms with Gasteiger partial charge in [0, 0.05) is 24.2 Å². The second-order valence-corrected chi connectivity index (χ2v) is 6.27. The smallest absolute Gasteiger partial charge is 0.162 e. The van der Waals surface area contributed by atoms with E-state index in [2.05, 4.69) is 11.9 Å². The molecular weight excluding hydrogens is 370 g/mol. The Morgan fingerprint density at radius 1 is 0.793 bits per heavy atom. The van der Waals surface area contributed by atoms with Gasteiger partial charge >= 0.3 is 0 Å². The first-order valence-corrected chi connectivity index (χ1v) is 10.2. The Labute approximate surface area is 174 Å². The molecule has 0 aliphatic carbocycles. The number of nitrogens with zero attached hydrogens (tertiary/aromatic N) is 1. The molecule has 0 spiro atoms. The first-order valence-electron chi connectivity index (χ1n) is 10.2. The van der Waals surface area contributed by atoms with Gasteiger partial charge < -0.3 is 5.73 Å². The summed E-state index contributed by atoms with van der Waals surface area (Å²) in [4.78, 5) is 15.6. The molecule has 0 amide bonds. The molecule has 2 aromatic carbocycles. The SMILES string of the molecule is CCCC(=NCC)c1ccc(F)cc1.CCCC(=O)c1ccc(F)cc1.CCN. The first kappa shape index (κ1) is 26.6. The molecule has 0 aliphatic rings. The van der Waals surface area contributed by atoms with Crippen LogP contribution in [0.3, 0.4) is 0 Å². The van der Waals surface area contributed by atoms with Crippen molar-refractivity contribution < 1.29 is 13.6 Å². The Bertz CT molecular complexity index is 711. The molecule has 5 heteroatoms. The van der Waals surface area contributed by atoms with Gasteiger partial charge in [-0.05, 0) is 68.3 Å². The van der Waals surface area contributed by atoms with E-state index in [0.717, 1.165) is 43.6 Å². The highest BCUT2D eigenvalue weighted by molar-refractivity contribution is 6.00. The number of hydrogen-bond acceptors (Lipinski definition) is 3. The average molecular weight is 405 g/mol. The van der Waals surface area contributed by atoms with Crippen LogP contribution in [0.15, 0.2) is 53.5 Å². The summed E-state index contributed by atoms with van der Waals surface area (Å²) in [5.41, 5.74) is 7.56. The van der Waals surface area contributed by atoms with Crippen molar-refractivity contribution in [1.29, 1.82) is 0 Å². The molecular formula is C24H34F2N2O. The number of carbonyl (C=O) groups is 1. The van der Waals surface area contributed by atoms with Crippen LogP contribution in [-0.2, 0) is 0 Å². The number of carbonyl (C=O) groups excluding carboxylic acids is 1. The maximum atomic E-state index is 12.7. The molecule has 29 heavy (non-hydrogen) atoms. The lowest BCUT2D eigenvalue weighted by molar-refractivity contribution is 0.0981.